The number of thiazole rings is 1. The molecule has 2 aromatic rings. The topological polar surface area (TPSA) is 114 Å². The Balaban J connectivity index is 1.68. The summed E-state index contributed by atoms with van der Waals surface area (Å²) in [7, 11) is -3.30. The zero-order valence-electron chi connectivity index (χ0n) is 14.5. The van der Waals surface area contributed by atoms with E-state index in [2.05, 4.69) is 15.0 Å². The number of hydrogen-bond donors (Lipinski definition) is 3. The van der Waals surface area contributed by atoms with E-state index in [1.807, 2.05) is 5.38 Å². The molecule has 1 fully saturated rings. The van der Waals surface area contributed by atoms with E-state index in [1.54, 1.807) is 24.3 Å². The summed E-state index contributed by atoms with van der Waals surface area (Å²) in [5, 5.41) is 5.20. The fourth-order valence-electron chi connectivity index (χ4n) is 3.02. The number of nitrogens with zero attached hydrogens (tertiary/aromatic N) is 1. The third-order valence-electron chi connectivity index (χ3n) is 4.41. The monoisotopic (exact) mass is 394 g/mol. The van der Waals surface area contributed by atoms with Crippen LogP contribution in [0.15, 0.2) is 29.6 Å². The molecule has 0 radical (unpaired) electrons. The summed E-state index contributed by atoms with van der Waals surface area (Å²) in [5.41, 5.74) is 7.48. The highest BCUT2D eigenvalue weighted by Gasteiger charge is 2.35. The van der Waals surface area contributed by atoms with Crippen LogP contribution in [0.2, 0.25) is 0 Å². The minimum atomic E-state index is -3.30. The lowest BCUT2D eigenvalue weighted by atomic mass is 9.82. The lowest BCUT2D eigenvalue weighted by Crippen LogP contribution is -2.52. The van der Waals surface area contributed by atoms with Crippen molar-refractivity contribution in [2.24, 2.45) is 5.73 Å². The van der Waals surface area contributed by atoms with E-state index >= 15 is 0 Å². The van der Waals surface area contributed by atoms with Gasteiger partial charge in [0.15, 0.2) is 5.13 Å². The van der Waals surface area contributed by atoms with Crippen molar-refractivity contribution in [1.29, 1.82) is 0 Å². The summed E-state index contributed by atoms with van der Waals surface area (Å²) in [6.07, 6.45) is 5.57. The maximum atomic E-state index is 12.5. The molecule has 0 atom stereocenters. The second-order valence-corrected chi connectivity index (χ2v) is 9.27. The number of aromatic nitrogens is 1. The molecule has 0 aliphatic heterocycles. The van der Waals surface area contributed by atoms with Crippen LogP contribution in [0.1, 0.15) is 32.1 Å². The molecule has 140 valence electrons. The fraction of sp³-hybridized carbons (Fsp3) is 0.412. The lowest BCUT2D eigenvalue weighted by molar-refractivity contribution is -0.122. The number of rotatable bonds is 5. The van der Waals surface area contributed by atoms with Crippen LogP contribution in [-0.4, -0.2) is 31.1 Å². The number of sulfonamides is 1. The Morgan fingerprint density at radius 3 is 2.46 bits per heavy atom. The molecule has 26 heavy (non-hydrogen) atoms. The quantitative estimate of drug-likeness (QED) is 0.721. The van der Waals surface area contributed by atoms with Crippen molar-refractivity contribution >= 4 is 38.1 Å². The molecule has 7 nitrogen and oxygen atoms in total. The Hall–Kier alpha value is -1.97. The molecule has 1 amide bonds. The second-order valence-electron chi connectivity index (χ2n) is 6.66. The number of amides is 1. The lowest BCUT2D eigenvalue weighted by Gasteiger charge is -2.31. The van der Waals surface area contributed by atoms with Crippen molar-refractivity contribution in [3.63, 3.8) is 0 Å². The summed E-state index contributed by atoms with van der Waals surface area (Å²) in [6, 6.07) is 6.90. The first-order valence-electron chi connectivity index (χ1n) is 8.39. The van der Waals surface area contributed by atoms with E-state index in [1.165, 1.54) is 11.3 Å². The molecule has 0 saturated heterocycles. The number of anilines is 2. The number of nitrogens with two attached hydrogens (primary N) is 1. The number of benzene rings is 1. The molecule has 1 saturated carbocycles. The van der Waals surface area contributed by atoms with Gasteiger partial charge in [0.25, 0.3) is 0 Å². The van der Waals surface area contributed by atoms with Crippen molar-refractivity contribution < 1.29 is 13.2 Å². The zero-order valence-corrected chi connectivity index (χ0v) is 16.1. The summed E-state index contributed by atoms with van der Waals surface area (Å²) >= 11 is 1.34. The maximum Gasteiger partial charge on any atom is 0.246 e. The molecule has 0 bridgehead atoms. The summed E-state index contributed by atoms with van der Waals surface area (Å²) < 4.78 is 24.9. The highest BCUT2D eigenvalue weighted by Crippen LogP contribution is 2.30. The van der Waals surface area contributed by atoms with Crippen LogP contribution in [0.4, 0.5) is 10.8 Å². The van der Waals surface area contributed by atoms with E-state index in [4.69, 9.17) is 5.73 Å². The molecule has 1 aromatic carbocycles. The van der Waals surface area contributed by atoms with Crippen molar-refractivity contribution in [2.45, 2.75) is 37.6 Å². The Morgan fingerprint density at radius 2 is 1.85 bits per heavy atom. The molecular formula is C17H22N4O3S2. The van der Waals surface area contributed by atoms with Crippen LogP contribution in [0.3, 0.4) is 0 Å². The van der Waals surface area contributed by atoms with E-state index in [0.717, 1.165) is 31.1 Å². The van der Waals surface area contributed by atoms with Gasteiger partial charge < -0.3 is 11.1 Å². The first kappa shape index (κ1) is 18.8. The Kier molecular flexibility index (Phi) is 5.31. The third kappa shape index (κ3) is 4.60. The molecule has 1 aliphatic rings. The van der Waals surface area contributed by atoms with Gasteiger partial charge in [-0.15, -0.1) is 11.3 Å². The van der Waals surface area contributed by atoms with Crippen molar-refractivity contribution in [2.75, 3.05) is 16.3 Å². The molecule has 4 N–H and O–H groups in total. The molecule has 0 unspecified atom stereocenters. The van der Waals surface area contributed by atoms with Crippen LogP contribution in [0.5, 0.6) is 0 Å². The van der Waals surface area contributed by atoms with Crippen molar-refractivity contribution in [1.82, 2.24) is 4.98 Å². The molecule has 1 aromatic heterocycles. The molecule has 0 spiro atoms. The van der Waals surface area contributed by atoms with Crippen molar-refractivity contribution in [3.05, 3.63) is 29.6 Å². The predicted octanol–water partition coefficient (Wildman–Crippen LogP) is 2.78. The molecule has 1 aliphatic carbocycles. The van der Waals surface area contributed by atoms with Gasteiger partial charge in [-0.25, -0.2) is 13.4 Å². The maximum absolute atomic E-state index is 12.5. The van der Waals surface area contributed by atoms with Crippen LogP contribution >= 0.6 is 11.3 Å². The average Bonchev–Trinajstić information content (AvgIpc) is 3.03. The largest absolute Gasteiger partial charge is 0.317 e. The average molecular weight is 395 g/mol. The van der Waals surface area contributed by atoms with Gasteiger partial charge in [0.2, 0.25) is 15.9 Å². The highest BCUT2D eigenvalue weighted by molar-refractivity contribution is 7.92. The van der Waals surface area contributed by atoms with Gasteiger partial charge in [0, 0.05) is 16.6 Å². The number of carbonyl (C=O) groups excluding carboxylic acids is 1. The van der Waals surface area contributed by atoms with Crippen LogP contribution in [0.25, 0.3) is 11.3 Å². The Morgan fingerprint density at radius 1 is 1.19 bits per heavy atom. The van der Waals surface area contributed by atoms with Crippen molar-refractivity contribution in [3.8, 4) is 11.3 Å². The minimum absolute atomic E-state index is 0.175. The molecule has 9 heteroatoms. The standard InChI is InChI=1S/C17H22N4O3S2/c1-26(23,24)21-13-7-5-12(6-8-13)14-11-25-16(19-14)20-15(22)17(18)9-3-2-4-10-17/h5-8,11,21H,2-4,9-10,18H2,1H3,(H,19,20,22). The van der Waals surface area contributed by atoms with E-state index < -0.39 is 15.6 Å². The van der Waals surface area contributed by atoms with Gasteiger partial charge in [-0.2, -0.15) is 0 Å². The summed E-state index contributed by atoms with van der Waals surface area (Å²) in [6.45, 7) is 0. The van der Waals surface area contributed by atoms with Gasteiger partial charge >= 0.3 is 0 Å². The number of hydrogen-bond acceptors (Lipinski definition) is 6. The first-order valence-corrected chi connectivity index (χ1v) is 11.2. The summed E-state index contributed by atoms with van der Waals surface area (Å²) in [4.78, 5) is 16.9. The zero-order chi connectivity index (χ0) is 18.8. The third-order valence-corrected chi connectivity index (χ3v) is 5.77. The normalized spacial score (nSPS) is 16.8. The smallest absolute Gasteiger partial charge is 0.246 e. The second kappa shape index (κ2) is 7.34. The highest BCUT2D eigenvalue weighted by atomic mass is 32.2. The van der Waals surface area contributed by atoms with Crippen LogP contribution < -0.4 is 15.8 Å². The van der Waals surface area contributed by atoms with Gasteiger partial charge in [-0.1, -0.05) is 31.4 Å². The Bertz CT molecular complexity index is 885. The number of carbonyl (C=O) groups is 1. The van der Waals surface area contributed by atoms with Crippen LogP contribution in [0, 0.1) is 0 Å². The fourth-order valence-corrected chi connectivity index (χ4v) is 4.30. The summed E-state index contributed by atoms with van der Waals surface area (Å²) in [5.74, 6) is -0.175. The SMILES string of the molecule is CS(=O)(=O)Nc1ccc(-c2csc(NC(=O)C3(N)CCCCC3)n2)cc1. The molecular weight excluding hydrogens is 372 g/mol. The number of nitrogens with one attached hydrogen (secondary N) is 2. The van der Waals surface area contributed by atoms with E-state index in [0.29, 0.717) is 29.4 Å². The minimum Gasteiger partial charge on any atom is -0.317 e. The van der Waals surface area contributed by atoms with Gasteiger partial charge in [-0.3, -0.25) is 9.52 Å². The van der Waals surface area contributed by atoms with Crippen LogP contribution in [-0.2, 0) is 14.8 Å². The predicted molar refractivity (Wildman–Crippen MR) is 105 cm³/mol. The van der Waals surface area contributed by atoms with E-state index in [-0.39, 0.29) is 5.91 Å². The molecule has 1 heterocycles. The first-order chi connectivity index (χ1) is 12.3. The van der Waals surface area contributed by atoms with Gasteiger partial charge in [0.1, 0.15) is 0 Å². The van der Waals surface area contributed by atoms with E-state index in [9.17, 15) is 13.2 Å². The Labute approximate surface area is 157 Å². The van der Waals surface area contributed by atoms with Gasteiger partial charge in [-0.05, 0) is 25.0 Å². The molecule has 3 rings (SSSR count). The van der Waals surface area contributed by atoms with Gasteiger partial charge in [0.05, 0.1) is 17.5 Å².